The standard InChI is InChI=1S/C15H22F3NO2/c1-10-3-8-13(21-10)14(2,20)9-19-12-6-4-11(5-7-12)15(16,17)18/h3,8,11-12,19-20H,4-7,9H2,1-2H3/t11?,12?,14-/m0/s1. The van der Waals surface area contributed by atoms with Gasteiger partial charge in [0.25, 0.3) is 0 Å². The van der Waals surface area contributed by atoms with Gasteiger partial charge in [-0.15, -0.1) is 0 Å². The van der Waals surface area contributed by atoms with E-state index in [0.717, 1.165) is 5.76 Å². The van der Waals surface area contributed by atoms with Crippen LogP contribution in [-0.4, -0.2) is 23.9 Å². The van der Waals surface area contributed by atoms with Crippen LogP contribution in [0.15, 0.2) is 16.5 Å². The maximum Gasteiger partial charge on any atom is 0.391 e. The molecule has 21 heavy (non-hydrogen) atoms. The summed E-state index contributed by atoms with van der Waals surface area (Å²) >= 11 is 0. The SMILES string of the molecule is Cc1ccc([C@@](C)(O)CNC2CCC(C(F)(F)F)CC2)o1. The van der Waals surface area contributed by atoms with Gasteiger partial charge in [-0.1, -0.05) is 0 Å². The van der Waals surface area contributed by atoms with Gasteiger partial charge in [-0.2, -0.15) is 13.2 Å². The first-order chi connectivity index (χ1) is 9.68. The number of hydrogen-bond acceptors (Lipinski definition) is 3. The highest BCUT2D eigenvalue weighted by Gasteiger charge is 2.41. The average molecular weight is 305 g/mol. The average Bonchev–Trinajstić information content (AvgIpc) is 2.83. The van der Waals surface area contributed by atoms with Crippen LogP contribution in [0.1, 0.15) is 44.1 Å². The van der Waals surface area contributed by atoms with Crippen molar-refractivity contribution >= 4 is 0 Å². The van der Waals surface area contributed by atoms with Crippen LogP contribution >= 0.6 is 0 Å². The highest BCUT2D eigenvalue weighted by atomic mass is 19.4. The van der Waals surface area contributed by atoms with E-state index >= 15 is 0 Å². The van der Waals surface area contributed by atoms with Gasteiger partial charge in [0.05, 0.1) is 5.92 Å². The summed E-state index contributed by atoms with van der Waals surface area (Å²) in [7, 11) is 0. The van der Waals surface area contributed by atoms with Gasteiger partial charge in [0.1, 0.15) is 17.1 Å². The Morgan fingerprint density at radius 2 is 1.86 bits per heavy atom. The molecule has 1 fully saturated rings. The van der Waals surface area contributed by atoms with Crippen molar-refractivity contribution in [2.45, 2.75) is 57.3 Å². The Morgan fingerprint density at radius 3 is 2.33 bits per heavy atom. The van der Waals surface area contributed by atoms with E-state index in [1.54, 1.807) is 26.0 Å². The lowest BCUT2D eigenvalue weighted by molar-refractivity contribution is -0.182. The normalized spacial score (nSPS) is 26.6. The molecule has 2 N–H and O–H groups in total. The van der Waals surface area contributed by atoms with Crippen molar-refractivity contribution in [1.82, 2.24) is 5.32 Å². The minimum absolute atomic E-state index is 0.0196. The molecule has 1 aliphatic carbocycles. The number of furan rings is 1. The third kappa shape index (κ3) is 4.23. The Hall–Kier alpha value is -1.01. The summed E-state index contributed by atoms with van der Waals surface area (Å²) in [4.78, 5) is 0. The minimum atomic E-state index is -4.08. The van der Waals surface area contributed by atoms with Crippen LogP contribution in [0, 0.1) is 12.8 Å². The molecular weight excluding hydrogens is 283 g/mol. The fourth-order valence-corrected chi connectivity index (χ4v) is 2.78. The first kappa shape index (κ1) is 16.4. The molecule has 1 aliphatic rings. The lowest BCUT2D eigenvalue weighted by Crippen LogP contribution is -2.43. The molecule has 0 bridgehead atoms. The molecule has 6 heteroatoms. The van der Waals surface area contributed by atoms with Crippen LogP contribution in [-0.2, 0) is 5.60 Å². The van der Waals surface area contributed by atoms with E-state index in [-0.39, 0.29) is 25.4 Å². The predicted octanol–water partition coefficient (Wildman–Crippen LogP) is 3.51. The number of aryl methyl sites for hydroxylation is 1. The molecule has 0 aliphatic heterocycles. The zero-order valence-corrected chi connectivity index (χ0v) is 12.3. The van der Waals surface area contributed by atoms with Gasteiger partial charge in [0.2, 0.25) is 0 Å². The van der Waals surface area contributed by atoms with Crippen molar-refractivity contribution in [1.29, 1.82) is 0 Å². The summed E-state index contributed by atoms with van der Waals surface area (Å²) < 4.78 is 43.2. The van der Waals surface area contributed by atoms with Gasteiger partial charge in [0, 0.05) is 12.6 Å². The Balaban J connectivity index is 1.82. The summed E-state index contributed by atoms with van der Waals surface area (Å²) in [6.45, 7) is 3.70. The highest BCUT2D eigenvalue weighted by molar-refractivity contribution is 5.12. The molecule has 0 aromatic carbocycles. The number of hydrogen-bond donors (Lipinski definition) is 2. The van der Waals surface area contributed by atoms with Gasteiger partial charge < -0.3 is 14.8 Å². The van der Waals surface area contributed by atoms with E-state index in [1.807, 2.05) is 0 Å². The second-order valence-electron chi connectivity index (χ2n) is 6.16. The van der Waals surface area contributed by atoms with Crippen molar-refractivity contribution in [2.75, 3.05) is 6.54 Å². The topological polar surface area (TPSA) is 45.4 Å². The quantitative estimate of drug-likeness (QED) is 0.895. The summed E-state index contributed by atoms with van der Waals surface area (Å²) in [5.41, 5.74) is -1.16. The van der Waals surface area contributed by atoms with Crippen LogP contribution in [0.5, 0.6) is 0 Å². The summed E-state index contributed by atoms with van der Waals surface area (Å²) in [6, 6.07) is 3.52. The van der Waals surface area contributed by atoms with Gasteiger partial charge >= 0.3 is 6.18 Å². The van der Waals surface area contributed by atoms with Gasteiger partial charge in [-0.3, -0.25) is 0 Å². The van der Waals surface area contributed by atoms with Crippen LogP contribution in [0.4, 0.5) is 13.2 Å². The number of alkyl halides is 3. The fourth-order valence-electron chi connectivity index (χ4n) is 2.78. The van der Waals surface area contributed by atoms with E-state index < -0.39 is 17.7 Å². The van der Waals surface area contributed by atoms with Gasteiger partial charge in [0.15, 0.2) is 0 Å². The molecule has 0 spiro atoms. The molecule has 1 aromatic heterocycles. The molecule has 120 valence electrons. The lowest BCUT2D eigenvalue weighted by Gasteiger charge is -2.32. The molecule has 1 saturated carbocycles. The molecule has 1 atom stereocenters. The maximum absolute atomic E-state index is 12.6. The Bertz CT molecular complexity index is 460. The molecule has 1 heterocycles. The Kier molecular flexibility index (Phi) is 4.68. The van der Waals surface area contributed by atoms with Crippen LogP contribution in [0.25, 0.3) is 0 Å². The van der Waals surface area contributed by atoms with Crippen LogP contribution < -0.4 is 5.32 Å². The zero-order chi connectivity index (χ0) is 15.7. The second-order valence-corrected chi connectivity index (χ2v) is 6.16. The van der Waals surface area contributed by atoms with E-state index in [9.17, 15) is 18.3 Å². The summed E-state index contributed by atoms with van der Waals surface area (Å²) in [6.07, 6.45) is -2.80. The van der Waals surface area contributed by atoms with Gasteiger partial charge in [-0.05, 0) is 51.7 Å². The van der Waals surface area contributed by atoms with E-state index in [2.05, 4.69) is 5.32 Å². The number of aliphatic hydroxyl groups is 1. The molecule has 0 radical (unpaired) electrons. The fraction of sp³-hybridized carbons (Fsp3) is 0.733. The van der Waals surface area contributed by atoms with Crippen molar-refractivity contribution < 1.29 is 22.7 Å². The number of halogens is 3. The third-order valence-electron chi connectivity index (χ3n) is 4.20. The third-order valence-corrected chi connectivity index (χ3v) is 4.20. The summed E-state index contributed by atoms with van der Waals surface area (Å²) in [5.74, 6) is 0.0104. The Morgan fingerprint density at radius 1 is 1.24 bits per heavy atom. The predicted molar refractivity (Wildman–Crippen MR) is 72.8 cm³/mol. The van der Waals surface area contributed by atoms with E-state index in [4.69, 9.17) is 4.42 Å². The van der Waals surface area contributed by atoms with Crippen molar-refractivity contribution in [3.8, 4) is 0 Å². The molecule has 3 nitrogen and oxygen atoms in total. The van der Waals surface area contributed by atoms with Gasteiger partial charge in [-0.25, -0.2) is 0 Å². The van der Waals surface area contributed by atoms with E-state index in [0.29, 0.717) is 18.6 Å². The largest absolute Gasteiger partial charge is 0.463 e. The highest BCUT2D eigenvalue weighted by Crippen LogP contribution is 2.37. The monoisotopic (exact) mass is 305 g/mol. The Labute approximate surface area is 122 Å². The first-order valence-electron chi connectivity index (χ1n) is 7.28. The van der Waals surface area contributed by atoms with Crippen molar-refractivity contribution in [3.63, 3.8) is 0 Å². The lowest BCUT2D eigenvalue weighted by atomic mass is 9.85. The first-order valence-corrected chi connectivity index (χ1v) is 7.28. The number of nitrogens with one attached hydrogen (secondary N) is 1. The molecule has 0 saturated heterocycles. The summed E-state index contributed by atoms with van der Waals surface area (Å²) in [5, 5.41) is 13.5. The molecule has 1 aromatic rings. The molecular formula is C15H22F3NO2. The molecule has 2 rings (SSSR count). The molecule has 0 amide bonds. The second kappa shape index (κ2) is 6.01. The van der Waals surface area contributed by atoms with Crippen LogP contribution in [0.3, 0.4) is 0 Å². The smallest absolute Gasteiger partial charge is 0.391 e. The number of rotatable bonds is 4. The minimum Gasteiger partial charge on any atom is -0.463 e. The molecule has 0 unspecified atom stereocenters. The van der Waals surface area contributed by atoms with Crippen molar-refractivity contribution in [3.05, 3.63) is 23.7 Å². The zero-order valence-electron chi connectivity index (χ0n) is 12.3. The maximum atomic E-state index is 12.6. The van der Waals surface area contributed by atoms with Crippen LogP contribution in [0.2, 0.25) is 0 Å². The van der Waals surface area contributed by atoms with Crippen molar-refractivity contribution in [2.24, 2.45) is 5.92 Å². The van der Waals surface area contributed by atoms with E-state index in [1.165, 1.54) is 0 Å².